The summed E-state index contributed by atoms with van der Waals surface area (Å²) in [7, 11) is 0. The van der Waals surface area contributed by atoms with Crippen LogP contribution >= 0.6 is 0 Å². The molecule has 48 heavy (non-hydrogen) atoms. The highest BCUT2D eigenvalue weighted by molar-refractivity contribution is 4.65. The van der Waals surface area contributed by atoms with E-state index >= 15 is 0 Å². The van der Waals surface area contributed by atoms with Crippen molar-refractivity contribution < 1.29 is 0 Å². The van der Waals surface area contributed by atoms with Crippen molar-refractivity contribution in [2.45, 2.75) is 302 Å². The fourth-order valence-electron chi connectivity index (χ4n) is 8.70. The van der Waals surface area contributed by atoms with Crippen molar-refractivity contribution in [3.63, 3.8) is 0 Å². The van der Waals surface area contributed by atoms with Crippen LogP contribution in [0.5, 0.6) is 0 Å². The Morgan fingerprint density at radius 1 is 0.229 bits per heavy atom. The monoisotopic (exact) mass is 673 g/mol. The van der Waals surface area contributed by atoms with Crippen LogP contribution in [0.4, 0.5) is 0 Å². The molecule has 0 radical (unpaired) electrons. The number of unbranched alkanes of at least 4 members (excludes halogenated alkanes) is 39. The van der Waals surface area contributed by atoms with E-state index in [2.05, 4.69) is 6.92 Å². The molecule has 0 spiro atoms. The van der Waals surface area contributed by atoms with Gasteiger partial charge in [-0.1, -0.05) is 302 Å². The third-order valence-corrected chi connectivity index (χ3v) is 12.2. The molecule has 0 saturated heterocycles. The Hall–Kier alpha value is 0. The summed E-state index contributed by atoms with van der Waals surface area (Å²) >= 11 is 0. The Balaban J connectivity index is 1.59. The van der Waals surface area contributed by atoms with Crippen molar-refractivity contribution in [2.75, 3.05) is 0 Å². The first-order valence-corrected chi connectivity index (χ1v) is 23.9. The Bertz CT molecular complexity index is 544. The standard InChI is InChI=1S/C48H96/c1-2-3-4-5-6-7-8-9-10-11-12-13-14-15-16-17-18-19-20-21-22-23-24-25-26-27-28-29-30-31-32-33-34-35-36-37-38-39-40-42-45-48-46-43-41-44-47-48/h48H,2-47H2,1H3. The molecule has 0 heteroatoms. The van der Waals surface area contributed by atoms with E-state index in [1.54, 1.807) is 19.3 Å². The minimum absolute atomic E-state index is 1.10. The van der Waals surface area contributed by atoms with Crippen LogP contribution < -0.4 is 0 Å². The SMILES string of the molecule is CCCCCCCCCCCCCCCCCCCCCCCCCCCCCCCCCCCCCCCCCCC1CCCCC1. The first-order valence-electron chi connectivity index (χ1n) is 23.9. The van der Waals surface area contributed by atoms with Crippen LogP contribution in [0.25, 0.3) is 0 Å². The predicted molar refractivity (Wildman–Crippen MR) is 222 cm³/mol. The number of hydrogen-bond donors (Lipinski definition) is 0. The van der Waals surface area contributed by atoms with E-state index in [9.17, 15) is 0 Å². The van der Waals surface area contributed by atoms with Crippen LogP contribution in [0.3, 0.4) is 0 Å². The van der Waals surface area contributed by atoms with Crippen LogP contribution in [-0.4, -0.2) is 0 Å². The molecule has 0 bridgehead atoms. The molecule has 0 aromatic heterocycles. The van der Waals surface area contributed by atoms with Crippen LogP contribution in [-0.2, 0) is 0 Å². The third kappa shape index (κ3) is 37.3. The van der Waals surface area contributed by atoms with Gasteiger partial charge in [0, 0.05) is 0 Å². The molecule has 288 valence electrons. The number of hydrogen-bond acceptors (Lipinski definition) is 0. The maximum atomic E-state index is 2.31. The summed E-state index contributed by atoms with van der Waals surface area (Å²) in [6, 6.07) is 0. The molecular weight excluding hydrogens is 577 g/mol. The topological polar surface area (TPSA) is 0 Å². The van der Waals surface area contributed by atoms with Crippen molar-refractivity contribution in [3.05, 3.63) is 0 Å². The zero-order chi connectivity index (χ0) is 34.1. The van der Waals surface area contributed by atoms with Gasteiger partial charge in [-0.05, 0) is 5.92 Å². The minimum Gasteiger partial charge on any atom is -0.0654 e. The lowest BCUT2D eigenvalue weighted by atomic mass is 9.85. The molecule has 1 fully saturated rings. The van der Waals surface area contributed by atoms with Crippen molar-refractivity contribution in [3.8, 4) is 0 Å². The minimum atomic E-state index is 1.10. The molecule has 1 aliphatic carbocycles. The van der Waals surface area contributed by atoms with E-state index in [0.29, 0.717) is 0 Å². The molecule has 0 unspecified atom stereocenters. The quantitative estimate of drug-likeness (QED) is 0.0567. The number of rotatable bonds is 41. The van der Waals surface area contributed by atoms with Gasteiger partial charge in [0.15, 0.2) is 0 Å². The van der Waals surface area contributed by atoms with Gasteiger partial charge in [-0.15, -0.1) is 0 Å². The molecule has 0 aromatic carbocycles. The summed E-state index contributed by atoms with van der Waals surface area (Å²) < 4.78 is 0. The molecule has 0 nitrogen and oxygen atoms in total. The van der Waals surface area contributed by atoms with Crippen LogP contribution in [0.1, 0.15) is 302 Å². The molecule has 0 atom stereocenters. The smallest absolute Gasteiger partial charge is 0.0414 e. The average molecular weight is 673 g/mol. The van der Waals surface area contributed by atoms with Crippen LogP contribution in [0.15, 0.2) is 0 Å². The summed E-state index contributed by atoms with van der Waals surface area (Å²) in [5.41, 5.74) is 0. The Labute approximate surface area is 307 Å². The second kappa shape index (κ2) is 41.4. The van der Waals surface area contributed by atoms with Gasteiger partial charge >= 0.3 is 0 Å². The van der Waals surface area contributed by atoms with E-state index in [1.807, 2.05) is 0 Å². The van der Waals surface area contributed by atoms with E-state index in [1.165, 1.54) is 276 Å². The molecule has 0 aliphatic heterocycles. The maximum Gasteiger partial charge on any atom is -0.0414 e. The van der Waals surface area contributed by atoms with Gasteiger partial charge < -0.3 is 0 Å². The van der Waals surface area contributed by atoms with E-state index < -0.39 is 0 Å². The first-order chi connectivity index (χ1) is 23.9. The summed E-state index contributed by atoms with van der Waals surface area (Å²) in [5.74, 6) is 1.10. The molecule has 0 N–H and O–H groups in total. The van der Waals surface area contributed by atoms with Gasteiger partial charge in [-0.3, -0.25) is 0 Å². The van der Waals surface area contributed by atoms with Gasteiger partial charge in [-0.2, -0.15) is 0 Å². The second-order valence-electron chi connectivity index (χ2n) is 17.1. The molecule has 1 rings (SSSR count). The summed E-state index contributed by atoms with van der Waals surface area (Å²) in [4.78, 5) is 0. The Morgan fingerprint density at radius 3 is 0.625 bits per heavy atom. The summed E-state index contributed by atoms with van der Waals surface area (Å²) in [5, 5.41) is 0. The Kier molecular flexibility index (Phi) is 39.7. The van der Waals surface area contributed by atoms with Crippen molar-refractivity contribution in [1.29, 1.82) is 0 Å². The van der Waals surface area contributed by atoms with Crippen molar-refractivity contribution in [2.24, 2.45) is 5.92 Å². The normalized spacial score (nSPS) is 13.9. The zero-order valence-electron chi connectivity index (χ0n) is 34.1. The molecule has 0 aromatic rings. The fourth-order valence-corrected chi connectivity index (χ4v) is 8.70. The zero-order valence-corrected chi connectivity index (χ0v) is 34.1. The van der Waals surface area contributed by atoms with Gasteiger partial charge in [-0.25, -0.2) is 0 Å². The van der Waals surface area contributed by atoms with E-state index in [-0.39, 0.29) is 0 Å². The second-order valence-corrected chi connectivity index (χ2v) is 17.1. The van der Waals surface area contributed by atoms with Gasteiger partial charge in [0.25, 0.3) is 0 Å². The molecular formula is C48H96. The van der Waals surface area contributed by atoms with Gasteiger partial charge in [0.05, 0.1) is 0 Å². The van der Waals surface area contributed by atoms with E-state index in [4.69, 9.17) is 0 Å². The lowest BCUT2D eigenvalue weighted by Crippen LogP contribution is -2.05. The van der Waals surface area contributed by atoms with Gasteiger partial charge in [0.1, 0.15) is 0 Å². The predicted octanol–water partition coefficient (Wildman–Crippen LogP) is 18.6. The Morgan fingerprint density at radius 2 is 0.417 bits per heavy atom. The van der Waals surface area contributed by atoms with Crippen molar-refractivity contribution >= 4 is 0 Å². The highest BCUT2D eigenvalue weighted by atomic mass is 14.2. The molecule has 0 heterocycles. The first kappa shape index (κ1) is 46.0. The molecule has 1 saturated carbocycles. The lowest BCUT2D eigenvalue weighted by Gasteiger charge is -2.21. The summed E-state index contributed by atoms with van der Waals surface area (Å²) in [6.45, 7) is 2.31. The van der Waals surface area contributed by atoms with Crippen molar-refractivity contribution in [1.82, 2.24) is 0 Å². The molecule has 0 amide bonds. The largest absolute Gasteiger partial charge is 0.0654 e. The lowest BCUT2D eigenvalue weighted by molar-refractivity contribution is 0.328. The summed E-state index contributed by atoms with van der Waals surface area (Å²) in [6.07, 6.45) is 68.9. The van der Waals surface area contributed by atoms with E-state index in [0.717, 1.165) is 5.92 Å². The maximum absolute atomic E-state index is 2.31. The average Bonchev–Trinajstić information content (AvgIpc) is 3.11. The fraction of sp³-hybridized carbons (Fsp3) is 1.00. The molecule has 1 aliphatic rings. The van der Waals surface area contributed by atoms with Crippen LogP contribution in [0.2, 0.25) is 0 Å². The highest BCUT2D eigenvalue weighted by Gasteiger charge is 2.12. The highest BCUT2D eigenvalue weighted by Crippen LogP contribution is 2.28. The van der Waals surface area contributed by atoms with Gasteiger partial charge in [0.2, 0.25) is 0 Å². The third-order valence-electron chi connectivity index (χ3n) is 12.2. The van der Waals surface area contributed by atoms with Crippen LogP contribution in [0, 0.1) is 5.92 Å².